The summed E-state index contributed by atoms with van der Waals surface area (Å²) in [6, 6.07) is 0.371. The number of carbonyl (C=O) groups excluding carboxylic acids is 1. The van der Waals surface area contributed by atoms with Crippen LogP contribution in [-0.2, 0) is 0 Å². The zero-order chi connectivity index (χ0) is 15.4. The number of carbonyl (C=O) groups is 2. The van der Waals surface area contributed by atoms with E-state index < -0.39 is 40.7 Å². The van der Waals surface area contributed by atoms with E-state index in [1.807, 2.05) is 0 Å². The predicted molar refractivity (Wildman–Crippen MR) is 66.5 cm³/mol. The molecule has 0 saturated heterocycles. The number of benzene rings is 1. The minimum atomic E-state index is -1.54. The summed E-state index contributed by atoms with van der Waals surface area (Å²) in [5.41, 5.74) is -1.13. The average Bonchev–Trinajstić information content (AvgIpc) is 2.37. The van der Waals surface area contributed by atoms with Crippen LogP contribution in [0, 0.1) is 17.6 Å². The van der Waals surface area contributed by atoms with Gasteiger partial charge in [0.1, 0.15) is 0 Å². The number of rotatable bonds is 5. The first-order valence-corrected chi connectivity index (χ1v) is 5.92. The molecule has 0 spiro atoms. The Bertz CT molecular complexity index is 531. The SMILES string of the molecule is CC(C)C(CO)NC(=O)c1cc(F)c(F)cc1C(=O)O. The molecule has 1 atom stereocenters. The number of amides is 1. The van der Waals surface area contributed by atoms with Gasteiger partial charge in [-0.05, 0) is 18.1 Å². The Morgan fingerprint density at radius 1 is 1.20 bits per heavy atom. The Labute approximate surface area is 114 Å². The molecule has 0 fully saturated rings. The van der Waals surface area contributed by atoms with Gasteiger partial charge in [-0.25, -0.2) is 13.6 Å². The van der Waals surface area contributed by atoms with E-state index in [4.69, 9.17) is 10.2 Å². The molecule has 3 N–H and O–H groups in total. The van der Waals surface area contributed by atoms with Crippen molar-refractivity contribution in [2.24, 2.45) is 5.92 Å². The Morgan fingerprint density at radius 3 is 2.10 bits per heavy atom. The van der Waals surface area contributed by atoms with Crippen molar-refractivity contribution in [1.29, 1.82) is 0 Å². The molecule has 110 valence electrons. The molecular weight excluding hydrogens is 272 g/mol. The summed E-state index contributed by atoms with van der Waals surface area (Å²) < 4.78 is 26.2. The lowest BCUT2D eigenvalue weighted by Gasteiger charge is -2.20. The highest BCUT2D eigenvalue weighted by Gasteiger charge is 2.23. The van der Waals surface area contributed by atoms with E-state index in [1.54, 1.807) is 13.8 Å². The van der Waals surface area contributed by atoms with Gasteiger partial charge in [-0.3, -0.25) is 4.79 Å². The molecule has 0 aliphatic carbocycles. The van der Waals surface area contributed by atoms with Gasteiger partial charge in [-0.2, -0.15) is 0 Å². The quantitative estimate of drug-likeness (QED) is 0.764. The summed E-state index contributed by atoms with van der Waals surface area (Å²) in [4.78, 5) is 22.9. The van der Waals surface area contributed by atoms with Gasteiger partial charge < -0.3 is 15.5 Å². The number of aromatic carboxylic acids is 1. The molecule has 1 aromatic carbocycles. The lowest BCUT2D eigenvalue weighted by Crippen LogP contribution is -2.41. The Hall–Kier alpha value is -2.02. The van der Waals surface area contributed by atoms with E-state index in [-0.39, 0.29) is 12.5 Å². The van der Waals surface area contributed by atoms with Crippen LogP contribution in [0.1, 0.15) is 34.6 Å². The third-order valence-electron chi connectivity index (χ3n) is 2.85. The molecule has 1 amide bonds. The van der Waals surface area contributed by atoms with E-state index in [1.165, 1.54) is 0 Å². The fourth-order valence-electron chi connectivity index (χ4n) is 1.58. The second-order valence-electron chi connectivity index (χ2n) is 4.62. The Kier molecular flexibility index (Phi) is 5.15. The predicted octanol–water partition coefficient (Wildman–Crippen LogP) is 1.41. The van der Waals surface area contributed by atoms with Crippen molar-refractivity contribution in [3.63, 3.8) is 0 Å². The van der Waals surface area contributed by atoms with Crippen molar-refractivity contribution in [3.05, 3.63) is 34.9 Å². The summed E-state index contributed by atoms with van der Waals surface area (Å²) in [5, 5.41) is 20.4. The third kappa shape index (κ3) is 3.51. The molecule has 1 aromatic rings. The molecule has 0 aliphatic heterocycles. The minimum absolute atomic E-state index is 0.109. The Morgan fingerprint density at radius 2 is 1.70 bits per heavy atom. The first kappa shape index (κ1) is 16.0. The van der Waals surface area contributed by atoms with Crippen LogP contribution in [0.2, 0.25) is 0 Å². The fourth-order valence-corrected chi connectivity index (χ4v) is 1.58. The van der Waals surface area contributed by atoms with Crippen LogP contribution in [0.5, 0.6) is 0 Å². The number of aliphatic hydroxyl groups excluding tert-OH is 1. The van der Waals surface area contributed by atoms with Crippen molar-refractivity contribution in [1.82, 2.24) is 5.32 Å². The van der Waals surface area contributed by atoms with Gasteiger partial charge in [-0.15, -0.1) is 0 Å². The number of carboxylic acid groups (broad SMARTS) is 1. The number of halogens is 2. The van der Waals surface area contributed by atoms with Crippen LogP contribution in [-0.4, -0.2) is 34.7 Å². The topological polar surface area (TPSA) is 86.6 Å². The van der Waals surface area contributed by atoms with Crippen molar-refractivity contribution >= 4 is 11.9 Å². The Balaban J connectivity index is 3.15. The van der Waals surface area contributed by atoms with E-state index in [9.17, 15) is 18.4 Å². The molecule has 1 unspecified atom stereocenters. The minimum Gasteiger partial charge on any atom is -0.478 e. The molecule has 7 heteroatoms. The van der Waals surface area contributed by atoms with Crippen LogP contribution < -0.4 is 5.32 Å². The zero-order valence-corrected chi connectivity index (χ0v) is 11.0. The number of carboxylic acids is 1. The number of aliphatic hydroxyl groups is 1. The standard InChI is InChI=1S/C13H15F2NO4/c1-6(2)11(5-17)16-12(18)7-3-9(14)10(15)4-8(7)13(19)20/h3-4,6,11,17H,5H2,1-2H3,(H,16,18)(H,19,20). The summed E-state index contributed by atoms with van der Waals surface area (Å²) >= 11 is 0. The maximum atomic E-state index is 13.2. The van der Waals surface area contributed by atoms with Crippen molar-refractivity contribution in [2.75, 3.05) is 6.61 Å². The van der Waals surface area contributed by atoms with Gasteiger partial charge in [0.15, 0.2) is 11.6 Å². The number of hydrogen-bond acceptors (Lipinski definition) is 3. The molecule has 0 saturated carbocycles. The molecule has 0 bridgehead atoms. The number of hydrogen-bond donors (Lipinski definition) is 3. The lowest BCUT2D eigenvalue weighted by molar-refractivity contribution is 0.0688. The highest BCUT2D eigenvalue weighted by Crippen LogP contribution is 2.16. The monoisotopic (exact) mass is 287 g/mol. The maximum absolute atomic E-state index is 13.2. The fraction of sp³-hybridized carbons (Fsp3) is 0.385. The van der Waals surface area contributed by atoms with Gasteiger partial charge >= 0.3 is 5.97 Å². The molecule has 0 aliphatic rings. The zero-order valence-electron chi connectivity index (χ0n) is 11.0. The smallest absolute Gasteiger partial charge is 0.336 e. The highest BCUT2D eigenvalue weighted by molar-refractivity contribution is 6.04. The normalized spacial score (nSPS) is 12.3. The lowest BCUT2D eigenvalue weighted by atomic mass is 10.0. The van der Waals surface area contributed by atoms with E-state index in [0.29, 0.717) is 12.1 Å². The molecule has 0 heterocycles. The first-order chi connectivity index (χ1) is 9.27. The van der Waals surface area contributed by atoms with E-state index in [0.717, 1.165) is 0 Å². The summed E-state index contributed by atoms with van der Waals surface area (Å²) in [6.07, 6.45) is 0. The maximum Gasteiger partial charge on any atom is 0.336 e. The largest absolute Gasteiger partial charge is 0.478 e. The van der Waals surface area contributed by atoms with Crippen LogP contribution in [0.15, 0.2) is 12.1 Å². The second-order valence-corrected chi connectivity index (χ2v) is 4.62. The molecule has 0 aromatic heterocycles. The third-order valence-corrected chi connectivity index (χ3v) is 2.85. The summed E-state index contributed by atoms with van der Waals surface area (Å²) in [7, 11) is 0. The first-order valence-electron chi connectivity index (χ1n) is 5.92. The van der Waals surface area contributed by atoms with Gasteiger partial charge in [0, 0.05) is 0 Å². The van der Waals surface area contributed by atoms with Crippen molar-refractivity contribution in [2.45, 2.75) is 19.9 Å². The second kappa shape index (κ2) is 6.42. The summed E-state index contributed by atoms with van der Waals surface area (Å²) in [5.74, 6) is -5.19. The van der Waals surface area contributed by atoms with Gasteiger partial charge in [0.25, 0.3) is 5.91 Å². The van der Waals surface area contributed by atoms with Crippen LogP contribution in [0.25, 0.3) is 0 Å². The molecule has 5 nitrogen and oxygen atoms in total. The van der Waals surface area contributed by atoms with Crippen LogP contribution in [0.3, 0.4) is 0 Å². The van der Waals surface area contributed by atoms with Crippen LogP contribution in [0.4, 0.5) is 8.78 Å². The van der Waals surface area contributed by atoms with Gasteiger partial charge in [0.2, 0.25) is 0 Å². The van der Waals surface area contributed by atoms with E-state index >= 15 is 0 Å². The highest BCUT2D eigenvalue weighted by atomic mass is 19.2. The van der Waals surface area contributed by atoms with E-state index in [2.05, 4.69) is 5.32 Å². The van der Waals surface area contributed by atoms with Crippen molar-refractivity contribution < 1.29 is 28.6 Å². The van der Waals surface area contributed by atoms with Gasteiger partial charge in [-0.1, -0.05) is 13.8 Å². The van der Waals surface area contributed by atoms with Crippen molar-refractivity contribution in [3.8, 4) is 0 Å². The molecule has 20 heavy (non-hydrogen) atoms. The molecule has 1 rings (SSSR count). The number of nitrogens with one attached hydrogen (secondary N) is 1. The summed E-state index contributed by atoms with van der Waals surface area (Å²) in [6.45, 7) is 3.13. The van der Waals surface area contributed by atoms with Gasteiger partial charge in [0.05, 0.1) is 23.8 Å². The molecular formula is C13H15F2NO4. The molecule has 0 radical (unpaired) electrons. The van der Waals surface area contributed by atoms with Crippen LogP contribution >= 0.6 is 0 Å². The average molecular weight is 287 g/mol.